The Morgan fingerprint density at radius 3 is 2.15 bits per heavy atom. The van der Waals surface area contributed by atoms with Crippen LogP contribution in [0.15, 0.2) is 42.5 Å². The summed E-state index contributed by atoms with van der Waals surface area (Å²) in [4.78, 5) is 22.6. The molecule has 0 bridgehead atoms. The van der Waals surface area contributed by atoms with Crippen molar-refractivity contribution in [2.24, 2.45) is 0 Å². The lowest BCUT2D eigenvalue weighted by Crippen LogP contribution is -2.51. The summed E-state index contributed by atoms with van der Waals surface area (Å²) in [6.07, 6.45) is 7.99. The van der Waals surface area contributed by atoms with E-state index in [0.717, 1.165) is 45.3 Å². The number of carbonyl (C=O) groups excluding carboxylic acids is 1. The highest BCUT2D eigenvalue weighted by atomic mass is 16.2. The second kappa shape index (κ2) is 9.71. The van der Waals surface area contributed by atoms with Gasteiger partial charge in [-0.05, 0) is 60.1 Å². The van der Waals surface area contributed by atoms with Crippen LogP contribution in [-0.4, -0.2) is 72.5 Å². The summed E-state index contributed by atoms with van der Waals surface area (Å²) in [5.41, 5.74) is 7.18. The van der Waals surface area contributed by atoms with Crippen molar-refractivity contribution >= 4 is 11.6 Å². The molecule has 3 aliphatic heterocycles. The number of anilines is 1. The van der Waals surface area contributed by atoms with Crippen molar-refractivity contribution in [3.8, 4) is 0 Å². The standard InChI is InChI=1S/C29H38N4O/c34-29(22-30-20-25-5-1-2-6-26(25)21-30)33-17-15-32(16-18-33)28-10-9-23-11-13-31(14-12-24(23)19-28)27-7-3-4-8-27/h1-2,5-6,9-10,19,27H,3-4,7-8,11-18,20-22H2. The molecule has 0 unspecified atom stereocenters. The zero-order valence-electron chi connectivity index (χ0n) is 20.4. The van der Waals surface area contributed by atoms with Crippen molar-refractivity contribution in [1.29, 1.82) is 0 Å². The molecule has 6 rings (SSSR count). The molecule has 4 aliphatic rings. The van der Waals surface area contributed by atoms with Crippen LogP contribution < -0.4 is 4.90 Å². The monoisotopic (exact) mass is 458 g/mol. The zero-order chi connectivity index (χ0) is 22.9. The first-order chi connectivity index (χ1) is 16.7. The van der Waals surface area contributed by atoms with E-state index in [1.807, 2.05) is 0 Å². The van der Waals surface area contributed by atoms with E-state index in [0.29, 0.717) is 6.54 Å². The molecule has 5 nitrogen and oxygen atoms in total. The molecule has 0 aromatic heterocycles. The molecular formula is C29H38N4O. The predicted molar refractivity (Wildman–Crippen MR) is 137 cm³/mol. The molecule has 1 aliphatic carbocycles. The SMILES string of the molecule is O=C(CN1Cc2ccccc2C1)N1CCN(c2ccc3c(c2)CCN(C2CCCC2)CC3)CC1. The normalized spacial score (nSPS) is 22.0. The number of carbonyl (C=O) groups is 1. The molecule has 1 saturated heterocycles. The van der Waals surface area contributed by atoms with E-state index < -0.39 is 0 Å². The summed E-state index contributed by atoms with van der Waals surface area (Å²) in [5.74, 6) is 0.279. The summed E-state index contributed by atoms with van der Waals surface area (Å²) in [6, 6.07) is 16.5. The van der Waals surface area contributed by atoms with Crippen molar-refractivity contribution in [1.82, 2.24) is 14.7 Å². The van der Waals surface area contributed by atoms with Gasteiger partial charge in [-0.3, -0.25) is 14.6 Å². The minimum absolute atomic E-state index is 0.279. The molecule has 0 N–H and O–H groups in total. The van der Waals surface area contributed by atoms with Crippen molar-refractivity contribution < 1.29 is 4.79 Å². The van der Waals surface area contributed by atoms with E-state index >= 15 is 0 Å². The van der Waals surface area contributed by atoms with Gasteiger partial charge in [0.25, 0.3) is 0 Å². The van der Waals surface area contributed by atoms with Crippen LogP contribution >= 0.6 is 0 Å². The van der Waals surface area contributed by atoms with Crippen LogP contribution in [0.4, 0.5) is 5.69 Å². The van der Waals surface area contributed by atoms with Crippen molar-refractivity contribution in [3.05, 3.63) is 64.7 Å². The average Bonchev–Trinajstić information content (AvgIpc) is 3.50. The Morgan fingerprint density at radius 2 is 1.44 bits per heavy atom. The van der Waals surface area contributed by atoms with Gasteiger partial charge in [0, 0.05) is 64.1 Å². The van der Waals surface area contributed by atoms with Crippen LogP contribution in [0, 0.1) is 0 Å². The summed E-state index contributed by atoms with van der Waals surface area (Å²) >= 11 is 0. The van der Waals surface area contributed by atoms with E-state index in [-0.39, 0.29) is 5.91 Å². The molecule has 0 atom stereocenters. The van der Waals surface area contributed by atoms with E-state index in [1.54, 1.807) is 11.1 Å². The van der Waals surface area contributed by atoms with E-state index in [9.17, 15) is 4.79 Å². The molecule has 2 aromatic carbocycles. The van der Waals surface area contributed by atoms with Gasteiger partial charge in [-0.2, -0.15) is 0 Å². The van der Waals surface area contributed by atoms with Crippen LogP contribution in [-0.2, 0) is 30.7 Å². The van der Waals surface area contributed by atoms with Crippen molar-refractivity contribution in [2.75, 3.05) is 50.7 Å². The number of hydrogen-bond acceptors (Lipinski definition) is 4. The van der Waals surface area contributed by atoms with Gasteiger partial charge >= 0.3 is 0 Å². The third-order valence-corrected chi connectivity index (χ3v) is 8.63. The molecular weight excluding hydrogens is 420 g/mol. The number of amides is 1. The van der Waals surface area contributed by atoms with Gasteiger partial charge in [-0.15, -0.1) is 0 Å². The van der Waals surface area contributed by atoms with Gasteiger partial charge in [-0.25, -0.2) is 0 Å². The number of fused-ring (bicyclic) bond motifs is 2. The topological polar surface area (TPSA) is 30.0 Å². The van der Waals surface area contributed by atoms with Gasteiger partial charge in [-0.1, -0.05) is 43.2 Å². The first-order valence-corrected chi connectivity index (χ1v) is 13.4. The van der Waals surface area contributed by atoms with Crippen molar-refractivity contribution in [2.45, 2.75) is 57.7 Å². The number of rotatable bonds is 4. The minimum Gasteiger partial charge on any atom is -0.368 e. The number of nitrogens with zero attached hydrogens (tertiary/aromatic N) is 4. The summed E-state index contributed by atoms with van der Waals surface area (Å²) < 4.78 is 0. The third kappa shape index (κ3) is 4.60. The van der Waals surface area contributed by atoms with E-state index in [2.05, 4.69) is 62.1 Å². The zero-order valence-corrected chi connectivity index (χ0v) is 20.4. The molecule has 2 aromatic rings. The van der Waals surface area contributed by atoms with Gasteiger partial charge in [0.1, 0.15) is 0 Å². The molecule has 180 valence electrons. The highest BCUT2D eigenvalue weighted by molar-refractivity contribution is 5.78. The first kappa shape index (κ1) is 22.1. The Balaban J connectivity index is 1.02. The highest BCUT2D eigenvalue weighted by Gasteiger charge is 2.27. The number of piperazine rings is 1. The van der Waals surface area contributed by atoms with Gasteiger partial charge in [0.15, 0.2) is 0 Å². The van der Waals surface area contributed by atoms with E-state index in [1.165, 1.54) is 68.4 Å². The predicted octanol–water partition coefficient (Wildman–Crippen LogP) is 3.69. The minimum atomic E-state index is 0.279. The molecule has 0 radical (unpaired) electrons. The average molecular weight is 459 g/mol. The highest BCUT2D eigenvalue weighted by Crippen LogP contribution is 2.28. The summed E-state index contributed by atoms with van der Waals surface area (Å²) in [6.45, 7) is 8.27. The van der Waals surface area contributed by atoms with Gasteiger partial charge < -0.3 is 9.80 Å². The maximum absolute atomic E-state index is 13.0. The number of hydrogen-bond donors (Lipinski definition) is 0. The second-order valence-corrected chi connectivity index (χ2v) is 10.7. The van der Waals surface area contributed by atoms with Crippen LogP contribution in [0.5, 0.6) is 0 Å². The summed E-state index contributed by atoms with van der Waals surface area (Å²) in [7, 11) is 0. The lowest BCUT2D eigenvalue weighted by Gasteiger charge is -2.37. The fourth-order valence-electron chi connectivity index (χ4n) is 6.58. The smallest absolute Gasteiger partial charge is 0.236 e. The Labute approximate surface area is 204 Å². The Hall–Kier alpha value is -2.37. The molecule has 3 heterocycles. The largest absolute Gasteiger partial charge is 0.368 e. The second-order valence-electron chi connectivity index (χ2n) is 10.7. The molecule has 34 heavy (non-hydrogen) atoms. The first-order valence-electron chi connectivity index (χ1n) is 13.4. The fourth-order valence-corrected chi connectivity index (χ4v) is 6.58. The molecule has 0 spiro atoms. The maximum atomic E-state index is 13.0. The maximum Gasteiger partial charge on any atom is 0.236 e. The lowest BCUT2D eigenvalue weighted by molar-refractivity contribution is -0.132. The molecule has 1 saturated carbocycles. The fraction of sp³-hybridized carbons (Fsp3) is 0.552. The molecule has 5 heteroatoms. The quantitative estimate of drug-likeness (QED) is 0.699. The Kier molecular flexibility index (Phi) is 6.32. The van der Waals surface area contributed by atoms with Crippen LogP contribution in [0.3, 0.4) is 0 Å². The van der Waals surface area contributed by atoms with Crippen LogP contribution in [0.2, 0.25) is 0 Å². The Bertz CT molecular complexity index is 998. The summed E-state index contributed by atoms with van der Waals surface area (Å²) in [5, 5.41) is 0. The lowest BCUT2D eigenvalue weighted by atomic mass is 10.0. The van der Waals surface area contributed by atoms with Crippen molar-refractivity contribution in [3.63, 3.8) is 0 Å². The Morgan fingerprint density at radius 1 is 0.765 bits per heavy atom. The van der Waals surface area contributed by atoms with Gasteiger partial charge in [0.05, 0.1) is 6.54 Å². The molecule has 2 fully saturated rings. The van der Waals surface area contributed by atoms with E-state index in [4.69, 9.17) is 0 Å². The molecule has 1 amide bonds. The third-order valence-electron chi connectivity index (χ3n) is 8.63. The van der Waals surface area contributed by atoms with Gasteiger partial charge in [0.2, 0.25) is 5.91 Å². The number of benzene rings is 2. The van der Waals surface area contributed by atoms with Crippen LogP contribution in [0.1, 0.15) is 47.9 Å². The van der Waals surface area contributed by atoms with Crippen LogP contribution in [0.25, 0.3) is 0 Å².